The van der Waals surface area contributed by atoms with Crippen molar-refractivity contribution in [1.82, 2.24) is 19.4 Å². The highest BCUT2D eigenvalue weighted by atomic mass is 32.1. The summed E-state index contributed by atoms with van der Waals surface area (Å²) < 4.78 is 1.93. The maximum atomic E-state index is 13.9. The molecule has 0 bridgehead atoms. The molecule has 3 aliphatic heterocycles. The van der Waals surface area contributed by atoms with Gasteiger partial charge in [-0.2, -0.15) is 0 Å². The third-order valence-electron chi connectivity index (χ3n) is 8.55. The monoisotopic (exact) mass is 494 g/mol. The van der Waals surface area contributed by atoms with Crippen LogP contribution in [-0.2, 0) is 17.9 Å². The van der Waals surface area contributed by atoms with Crippen LogP contribution in [0.15, 0.2) is 34.6 Å². The molecule has 8 heteroatoms. The molecule has 2 aromatic heterocycles. The third-order valence-corrected chi connectivity index (χ3v) is 9.31. The topological polar surface area (TPSA) is 78.7 Å². The Bertz CT molecular complexity index is 1170. The molecule has 0 aromatic carbocycles. The van der Waals surface area contributed by atoms with Gasteiger partial charge in [0, 0.05) is 60.9 Å². The van der Waals surface area contributed by atoms with Crippen LogP contribution in [0.25, 0.3) is 5.57 Å². The molecule has 0 saturated carbocycles. The quantitative estimate of drug-likeness (QED) is 0.689. The van der Waals surface area contributed by atoms with Crippen molar-refractivity contribution < 1.29 is 9.90 Å². The Morgan fingerprint density at radius 1 is 1.14 bits per heavy atom. The molecule has 1 N–H and O–H groups in total. The lowest BCUT2D eigenvalue weighted by Gasteiger charge is -2.36. The van der Waals surface area contributed by atoms with Gasteiger partial charge in [-0.25, -0.2) is 4.98 Å². The van der Waals surface area contributed by atoms with Crippen LogP contribution in [0.2, 0.25) is 0 Å². The highest BCUT2D eigenvalue weighted by molar-refractivity contribution is 7.09. The number of hydrogen-bond acceptors (Lipinski definition) is 6. The Morgan fingerprint density at radius 3 is 2.71 bits per heavy atom. The number of carbonyl (C=O) groups is 1. The van der Waals surface area contributed by atoms with Crippen molar-refractivity contribution in [2.24, 2.45) is 11.8 Å². The second kappa shape index (κ2) is 9.64. The molecule has 1 amide bonds. The van der Waals surface area contributed by atoms with E-state index in [1.807, 2.05) is 20.9 Å². The van der Waals surface area contributed by atoms with Crippen LogP contribution in [0.4, 0.5) is 0 Å². The van der Waals surface area contributed by atoms with E-state index >= 15 is 0 Å². The molecule has 0 spiro atoms. The summed E-state index contributed by atoms with van der Waals surface area (Å²) >= 11 is 1.59. The van der Waals surface area contributed by atoms with E-state index in [1.54, 1.807) is 17.5 Å². The number of rotatable bonds is 5. The summed E-state index contributed by atoms with van der Waals surface area (Å²) in [7, 11) is 0. The van der Waals surface area contributed by atoms with Crippen LogP contribution in [0.3, 0.4) is 0 Å². The lowest BCUT2D eigenvalue weighted by atomic mass is 9.88. The van der Waals surface area contributed by atoms with Gasteiger partial charge in [0.25, 0.3) is 5.56 Å². The van der Waals surface area contributed by atoms with Gasteiger partial charge in [0.15, 0.2) is 0 Å². The molecule has 186 valence electrons. The largest absolute Gasteiger partial charge is 0.396 e. The Morgan fingerprint density at radius 2 is 2.00 bits per heavy atom. The predicted molar refractivity (Wildman–Crippen MR) is 136 cm³/mol. The number of aromatic nitrogens is 2. The van der Waals surface area contributed by atoms with Crippen molar-refractivity contribution in [1.29, 1.82) is 0 Å². The number of amides is 1. The smallest absolute Gasteiger partial charge is 0.258 e. The zero-order chi connectivity index (χ0) is 23.9. The fraction of sp³-hybridized carbons (Fsp3) is 0.593. The normalized spacial score (nSPS) is 28.6. The number of likely N-dealkylation sites (tertiary alicyclic amines) is 2. The maximum Gasteiger partial charge on any atom is 0.258 e. The van der Waals surface area contributed by atoms with E-state index < -0.39 is 0 Å². The van der Waals surface area contributed by atoms with E-state index in [1.165, 1.54) is 18.4 Å². The molecular weight excluding hydrogens is 460 g/mol. The minimum atomic E-state index is -0.387. The van der Waals surface area contributed by atoms with Crippen molar-refractivity contribution in [3.8, 4) is 0 Å². The van der Waals surface area contributed by atoms with E-state index in [2.05, 4.69) is 22.0 Å². The molecule has 4 atom stereocenters. The van der Waals surface area contributed by atoms with Crippen molar-refractivity contribution in [3.05, 3.63) is 56.4 Å². The van der Waals surface area contributed by atoms with E-state index in [9.17, 15) is 14.7 Å². The van der Waals surface area contributed by atoms with Crippen LogP contribution < -0.4 is 5.56 Å². The van der Waals surface area contributed by atoms with Gasteiger partial charge in [0.1, 0.15) is 5.01 Å². The number of hydrogen-bond donors (Lipinski definition) is 1. The van der Waals surface area contributed by atoms with Crippen LogP contribution in [0.5, 0.6) is 0 Å². The Balaban J connectivity index is 1.39. The lowest BCUT2D eigenvalue weighted by Crippen LogP contribution is -2.51. The van der Waals surface area contributed by atoms with Crippen LogP contribution in [0, 0.1) is 11.8 Å². The standard InChI is InChI=1S/C27H34N4O3S/c32-17-21-20-15-30-22(10-9-19(26(30)33)18-7-3-1-4-8-18)24(20)31(16-23-28-11-14-35-23)25(21)27(34)29-12-5-2-6-13-29/h7,9-11,14,20-21,24-25,32H,1-6,8,12-13,15-17H2/t20-,21-,24+,25-/m1/s1. The first kappa shape index (κ1) is 23.1. The SMILES string of the molecule is O=C([C@H]1[C@H](CO)[C@H]2Cn3c(ccc(C4=CCCCC4)c3=O)[C@H]2N1Cc1nccs1)N1CCCCC1. The van der Waals surface area contributed by atoms with Gasteiger partial charge in [0.2, 0.25) is 5.91 Å². The molecule has 2 saturated heterocycles. The minimum absolute atomic E-state index is 0.0296. The molecular formula is C27H34N4O3S. The average Bonchev–Trinajstić information content (AvgIpc) is 3.61. The fourth-order valence-corrected chi connectivity index (χ4v) is 7.50. The Kier molecular flexibility index (Phi) is 6.37. The van der Waals surface area contributed by atoms with E-state index in [0.717, 1.165) is 61.5 Å². The summed E-state index contributed by atoms with van der Waals surface area (Å²) in [6, 6.07) is 3.65. The van der Waals surface area contributed by atoms with Crippen LogP contribution >= 0.6 is 11.3 Å². The second-order valence-corrected chi connectivity index (χ2v) is 11.4. The summed E-state index contributed by atoms with van der Waals surface area (Å²) in [5.74, 6) is -0.0411. The number of nitrogens with zero attached hydrogens (tertiary/aromatic N) is 4. The number of aliphatic hydroxyl groups excluding tert-OH is 1. The van der Waals surface area contributed by atoms with Crippen molar-refractivity contribution in [2.45, 2.75) is 70.1 Å². The summed E-state index contributed by atoms with van der Waals surface area (Å²) in [6.45, 7) is 2.65. The summed E-state index contributed by atoms with van der Waals surface area (Å²) in [5.41, 5.74) is 3.05. The molecule has 35 heavy (non-hydrogen) atoms. The number of pyridine rings is 1. The average molecular weight is 495 g/mol. The van der Waals surface area contributed by atoms with Crippen molar-refractivity contribution in [2.75, 3.05) is 19.7 Å². The molecule has 2 fully saturated rings. The highest BCUT2D eigenvalue weighted by Gasteiger charge is 2.56. The van der Waals surface area contributed by atoms with Gasteiger partial charge in [0.05, 0.1) is 18.6 Å². The van der Waals surface area contributed by atoms with Crippen LogP contribution in [0.1, 0.15) is 67.3 Å². The minimum Gasteiger partial charge on any atom is -0.396 e. The molecule has 2 aromatic rings. The Hall–Kier alpha value is -2.29. The van der Waals surface area contributed by atoms with Crippen LogP contribution in [-0.4, -0.2) is 56.1 Å². The van der Waals surface area contributed by atoms with Gasteiger partial charge in [-0.15, -0.1) is 11.3 Å². The fourth-order valence-electron chi connectivity index (χ4n) is 6.88. The predicted octanol–water partition coefficient (Wildman–Crippen LogP) is 3.44. The van der Waals surface area contributed by atoms with Gasteiger partial charge < -0.3 is 14.6 Å². The molecule has 1 aliphatic carbocycles. The molecule has 5 heterocycles. The molecule has 7 nitrogen and oxygen atoms in total. The molecule has 0 radical (unpaired) electrons. The zero-order valence-electron chi connectivity index (χ0n) is 20.1. The zero-order valence-corrected chi connectivity index (χ0v) is 21.0. The number of carbonyl (C=O) groups excluding carboxylic acids is 1. The number of thiazole rings is 1. The first-order valence-corrected chi connectivity index (χ1v) is 14.0. The van der Waals surface area contributed by atoms with E-state index in [4.69, 9.17) is 0 Å². The number of piperidine rings is 1. The number of allylic oxidation sites excluding steroid dienone is 2. The molecule has 0 unspecified atom stereocenters. The van der Waals surface area contributed by atoms with Gasteiger partial charge in [-0.1, -0.05) is 6.08 Å². The molecule has 4 aliphatic rings. The molecule has 6 rings (SSSR count). The summed E-state index contributed by atoms with van der Waals surface area (Å²) in [6.07, 6.45) is 11.6. The van der Waals surface area contributed by atoms with Gasteiger partial charge in [-0.3, -0.25) is 14.5 Å². The second-order valence-electron chi connectivity index (χ2n) is 10.4. The number of fused-ring (bicyclic) bond motifs is 3. The lowest BCUT2D eigenvalue weighted by molar-refractivity contribution is -0.139. The number of aliphatic hydroxyl groups is 1. The van der Waals surface area contributed by atoms with Crippen molar-refractivity contribution >= 4 is 22.8 Å². The maximum absolute atomic E-state index is 13.9. The first-order chi connectivity index (χ1) is 17.2. The summed E-state index contributed by atoms with van der Waals surface area (Å²) in [5, 5.41) is 13.5. The third kappa shape index (κ3) is 3.99. The Labute approximate surface area is 210 Å². The highest BCUT2D eigenvalue weighted by Crippen LogP contribution is 2.50. The van der Waals surface area contributed by atoms with Gasteiger partial charge in [-0.05, 0) is 62.7 Å². The first-order valence-electron chi connectivity index (χ1n) is 13.1. The van der Waals surface area contributed by atoms with Gasteiger partial charge >= 0.3 is 0 Å². The summed E-state index contributed by atoms with van der Waals surface area (Å²) in [4.78, 5) is 36.2. The van der Waals surface area contributed by atoms with E-state index in [-0.39, 0.29) is 42.0 Å². The van der Waals surface area contributed by atoms with E-state index in [0.29, 0.717) is 13.1 Å². The van der Waals surface area contributed by atoms with Crippen molar-refractivity contribution in [3.63, 3.8) is 0 Å².